The van der Waals surface area contributed by atoms with Crippen LogP contribution in [0.15, 0.2) is 121 Å². The number of likely N-dealkylation sites (tertiary alicyclic amines) is 1. The minimum atomic E-state index is 0.0473. The van der Waals surface area contributed by atoms with Crippen LogP contribution in [0.2, 0.25) is 0 Å². The molecule has 5 aromatic rings. The fourth-order valence-electron chi connectivity index (χ4n) is 5.98. The van der Waals surface area contributed by atoms with Gasteiger partial charge in [0.25, 0.3) is 5.91 Å². The second kappa shape index (κ2) is 14.9. The molecule has 46 heavy (non-hydrogen) atoms. The summed E-state index contributed by atoms with van der Waals surface area (Å²) in [6.07, 6.45) is 3.93. The van der Waals surface area contributed by atoms with E-state index in [9.17, 15) is 4.79 Å². The molecule has 0 bridgehead atoms. The van der Waals surface area contributed by atoms with E-state index >= 15 is 0 Å². The fourth-order valence-corrected chi connectivity index (χ4v) is 5.98. The van der Waals surface area contributed by atoms with Gasteiger partial charge >= 0.3 is 0 Å². The number of carbonyl (C=O) groups excluding carboxylic acids is 1. The number of ether oxygens (including phenoxy) is 2. The lowest BCUT2D eigenvalue weighted by molar-refractivity contribution is 0.0672. The average Bonchev–Trinajstić information content (AvgIpc) is 3.11. The zero-order chi connectivity index (χ0) is 31.7. The van der Waals surface area contributed by atoms with E-state index in [-0.39, 0.29) is 5.91 Å². The van der Waals surface area contributed by atoms with E-state index in [1.54, 1.807) is 13.3 Å². The van der Waals surface area contributed by atoms with Crippen LogP contribution in [-0.4, -0.2) is 47.4 Å². The van der Waals surface area contributed by atoms with Gasteiger partial charge in [0.15, 0.2) is 0 Å². The number of pyridine rings is 1. The molecule has 6 heteroatoms. The maximum atomic E-state index is 14.1. The number of nitrogens with zero attached hydrogens (tertiary/aromatic N) is 3. The van der Waals surface area contributed by atoms with E-state index in [1.807, 2.05) is 83.8 Å². The van der Waals surface area contributed by atoms with Crippen LogP contribution < -0.4 is 9.47 Å². The average molecular weight is 612 g/mol. The smallest absolute Gasteiger partial charge is 0.254 e. The Morgan fingerprint density at radius 1 is 0.783 bits per heavy atom. The van der Waals surface area contributed by atoms with Crippen LogP contribution in [-0.2, 0) is 13.1 Å². The van der Waals surface area contributed by atoms with E-state index in [2.05, 4.69) is 53.2 Å². The van der Waals surface area contributed by atoms with Gasteiger partial charge in [-0.3, -0.25) is 9.69 Å². The molecule has 1 aliphatic heterocycles. The number of para-hydroxylation sites is 1. The molecular weight excluding hydrogens is 570 g/mol. The molecule has 6 nitrogen and oxygen atoms in total. The number of piperidine rings is 1. The third-order valence-electron chi connectivity index (χ3n) is 8.69. The van der Waals surface area contributed by atoms with Crippen molar-refractivity contribution in [3.8, 4) is 28.5 Å². The molecule has 6 rings (SSSR count). The van der Waals surface area contributed by atoms with E-state index in [0.717, 1.165) is 67.2 Å². The lowest BCUT2D eigenvalue weighted by Gasteiger charge is -2.35. The molecular formula is C40H41N3O3. The Hall–Kier alpha value is -4.94. The molecule has 0 unspecified atom stereocenters. The second-order valence-electron chi connectivity index (χ2n) is 12.1. The van der Waals surface area contributed by atoms with E-state index < -0.39 is 0 Å². The normalized spacial score (nSPS) is 13.7. The topological polar surface area (TPSA) is 54.9 Å². The summed E-state index contributed by atoms with van der Waals surface area (Å²) < 4.78 is 11.2. The van der Waals surface area contributed by atoms with Gasteiger partial charge in [-0.25, -0.2) is 4.98 Å². The van der Waals surface area contributed by atoms with Crippen molar-refractivity contribution < 1.29 is 14.3 Å². The lowest BCUT2D eigenvalue weighted by Crippen LogP contribution is -2.40. The van der Waals surface area contributed by atoms with Crippen molar-refractivity contribution in [2.24, 2.45) is 5.92 Å². The van der Waals surface area contributed by atoms with E-state index in [0.29, 0.717) is 23.9 Å². The maximum Gasteiger partial charge on any atom is 0.254 e. The molecule has 1 aliphatic rings. The highest BCUT2D eigenvalue weighted by molar-refractivity contribution is 5.94. The molecule has 1 amide bonds. The van der Waals surface area contributed by atoms with Gasteiger partial charge in [0, 0.05) is 43.0 Å². The minimum absolute atomic E-state index is 0.0473. The van der Waals surface area contributed by atoms with Gasteiger partial charge in [-0.1, -0.05) is 72.3 Å². The summed E-state index contributed by atoms with van der Waals surface area (Å²) in [6.45, 7) is 6.44. The number of hydrogen-bond donors (Lipinski definition) is 0. The van der Waals surface area contributed by atoms with E-state index in [4.69, 9.17) is 9.47 Å². The van der Waals surface area contributed by atoms with Crippen LogP contribution in [0.1, 0.15) is 39.9 Å². The molecule has 0 aliphatic carbocycles. The van der Waals surface area contributed by atoms with E-state index in [1.165, 1.54) is 11.1 Å². The third kappa shape index (κ3) is 8.20. The van der Waals surface area contributed by atoms with Crippen LogP contribution >= 0.6 is 0 Å². The number of benzene rings is 4. The van der Waals surface area contributed by atoms with Crippen molar-refractivity contribution >= 4 is 5.91 Å². The van der Waals surface area contributed by atoms with Crippen molar-refractivity contribution in [3.05, 3.63) is 144 Å². The summed E-state index contributed by atoms with van der Waals surface area (Å²) >= 11 is 0. The van der Waals surface area contributed by atoms with Gasteiger partial charge in [0.1, 0.15) is 11.5 Å². The fraction of sp³-hybridized carbons (Fsp3) is 0.250. The maximum absolute atomic E-state index is 14.1. The highest BCUT2D eigenvalue weighted by Gasteiger charge is 2.25. The molecule has 0 saturated carbocycles. The molecule has 1 aromatic heterocycles. The second-order valence-corrected chi connectivity index (χ2v) is 12.1. The number of rotatable bonds is 11. The molecule has 0 spiro atoms. The summed E-state index contributed by atoms with van der Waals surface area (Å²) in [4.78, 5) is 22.9. The van der Waals surface area contributed by atoms with Crippen LogP contribution in [0.4, 0.5) is 0 Å². The molecule has 1 fully saturated rings. The summed E-state index contributed by atoms with van der Waals surface area (Å²) in [5, 5.41) is 0. The first kappa shape index (κ1) is 31.1. The first-order valence-corrected chi connectivity index (χ1v) is 16.0. The standard InChI is InChI=1S/C40H41N3O3/c1-30-8-10-31(11-9-30)27-42-24-22-33(23-25-42)29-43(28-32-12-19-38(20-13-32)46-37-6-4-3-5-7-37)40(44)35-16-14-34(15-17-35)36-18-21-39(45-2)41-26-36/h3-21,26,33H,22-25,27-29H2,1-2H3. The summed E-state index contributed by atoms with van der Waals surface area (Å²) in [6, 6.07) is 38.3. The van der Waals surface area contributed by atoms with Crippen LogP contribution in [0.25, 0.3) is 11.1 Å². The Labute approximate surface area is 272 Å². The number of methoxy groups -OCH3 is 1. The molecule has 0 N–H and O–H groups in total. The summed E-state index contributed by atoms with van der Waals surface area (Å²) in [5.74, 6) is 2.65. The zero-order valence-corrected chi connectivity index (χ0v) is 26.6. The first-order valence-electron chi connectivity index (χ1n) is 16.0. The highest BCUT2D eigenvalue weighted by Crippen LogP contribution is 2.26. The van der Waals surface area contributed by atoms with Crippen LogP contribution in [0, 0.1) is 12.8 Å². The monoisotopic (exact) mass is 611 g/mol. The van der Waals surface area contributed by atoms with Gasteiger partial charge in [-0.2, -0.15) is 0 Å². The van der Waals surface area contributed by atoms with Crippen molar-refractivity contribution in [2.45, 2.75) is 32.9 Å². The third-order valence-corrected chi connectivity index (χ3v) is 8.69. The van der Waals surface area contributed by atoms with Gasteiger partial charge in [-0.15, -0.1) is 0 Å². The number of aromatic nitrogens is 1. The van der Waals surface area contributed by atoms with Gasteiger partial charge in [0.2, 0.25) is 5.88 Å². The number of amides is 1. The SMILES string of the molecule is COc1ccc(-c2ccc(C(=O)N(Cc3ccc(Oc4ccccc4)cc3)CC3CCN(Cc4ccc(C)cc4)CC3)cc2)cn1. The Balaban J connectivity index is 1.14. The predicted octanol–water partition coefficient (Wildman–Crippen LogP) is 8.41. The first-order chi connectivity index (χ1) is 22.5. The quantitative estimate of drug-likeness (QED) is 0.150. The highest BCUT2D eigenvalue weighted by atomic mass is 16.5. The molecule has 2 heterocycles. The largest absolute Gasteiger partial charge is 0.481 e. The number of hydrogen-bond acceptors (Lipinski definition) is 5. The Morgan fingerprint density at radius 3 is 2.09 bits per heavy atom. The van der Waals surface area contributed by atoms with Crippen molar-refractivity contribution in [1.29, 1.82) is 0 Å². The van der Waals surface area contributed by atoms with Gasteiger partial charge < -0.3 is 14.4 Å². The number of carbonyl (C=O) groups is 1. The van der Waals surface area contributed by atoms with Crippen LogP contribution in [0.3, 0.4) is 0 Å². The van der Waals surface area contributed by atoms with Gasteiger partial charge in [-0.05, 0) is 97.9 Å². The molecule has 0 radical (unpaired) electrons. The zero-order valence-electron chi connectivity index (χ0n) is 26.6. The Morgan fingerprint density at radius 2 is 1.43 bits per heavy atom. The Bertz CT molecular complexity index is 1680. The number of aryl methyl sites for hydroxylation is 1. The lowest BCUT2D eigenvalue weighted by atomic mass is 9.95. The Kier molecular flexibility index (Phi) is 10.1. The van der Waals surface area contributed by atoms with Crippen LogP contribution in [0.5, 0.6) is 17.4 Å². The molecule has 0 atom stereocenters. The molecule has 1 saturated heterocycles. The minimum Gasteiger partial charge on any atom is -0.481 e. The van der Waals surface area contributed by atoms with Gasteiger partial charge in [0.05, 0.1) is 7.11 Å². The predicted molar refractivity (Wildman–Crippen MR) is 183 cm³/mol. The molecule has 234 valence electrons. The van der Waals surface area contributed by atoms with Crippen molar-refractivity contribution in [3.63, 3.8) is 0 Å². The summed E-state index contributed by atoms with van der Waals surface area (Å²) in [7, 11) is 1.61. The van der Waals surface area contributed by atoms with Crippen molar-refractivity contribution in [2.75, 3.05) is 26.7 Å². The summed E-state index contributed by atoms with van der Waals surface area (Å²) in [5.41, 5.74) is 6.39. The molecule has 4 aromatic carbocycles. The van der Waals surface area contributed by atoms with Crippen molar-refractivity contribution in [1.82, 2.24) is 14.8 Å².